The van der Waals surface area contributed by atoms with Gasteiger partial charge in [0.05, 0.1) is 5.69 Å². The second-order valence-electron chi connectivity index (χ2n) is 10.3. The van der Waals surface area contributed by atoms with Gasteiger partial charge < -0.3 is 18.1 Å². The number of nitrogens with zero attached hydrogens (tertiary/aromatic N) is 3. The van der Waals surface area contributed by atoms with E-state index in [4.69, 9.17) is 15.6 Å². The summed E-state index contributed by atoms with van der Waals surface area (Å²) in [7, 11) is 0. The Morgan fingerprint density at radius 3 is 2.13 bits per heavy atom. The Morgan fingerprint density at radius 2 is 1.45 bits per heavy atom. The third-order valence-electron chi connectivity index (χ3n) is 7.10. The van der Waals surface area contributed by atoms with Crippen molar-refractivity contribution >= 4 is 11.4 Å². The van der Waals surface area contributed by atoms with E-state index in [9.17, 15) is 0 Å². The predicted octanol–water partition coefficient (Wildman–Crippen LogP) is 10.3. The summed E-state index contributed by atoms with van der Waals surface area (Å²) >= 11 is 0. The molecule has 0 bridgehead atoms. The van der Waals surface area contributed by atoms with Crippen molar-refractivity contribution in [3.63, 3.8) is 0 Å². The molecule has 1 aliphatic carbocycles. The third-order valence-corrected chi connectivity index (χ3v) is 7.10. The number of hydrogen-bond acceptors (Lipinski definition) is 1. The second-order valence-corrected chi connectivity index (χ2v) is 10.3. The molecular weight excluding hydrogens is 629 g/mol. The number of benzene rings is 3. The number of fused-ring (bicyclic) bond motifs is 1. The fourth-order valence-corrected chi connectivity index (χ4v) is 5.28. The van der Waals surface area contributed by atoms with E-state index >= 15 is 0 Å². The normalized spacial score (nSPS) is 14.0. The van der Waals surface area contributed by atoms with Gasteiger partial charge in [-0.25, -0.2) is 0 Å². The van der Waals surface area contributed by atoms with Gasteiger partial charge in [-0.15, -0.1) is 11.4 Å². The largest absolute Gasteiger partial charge is 0.679 e. The van der Waals surface area contributed by atoms with Crippen molar-refractivity contribution in [2.24, 2.45) is 0 Å². The summed E-state index contributed by atoms with van der Waals surface area (Å²) in [6.07, 6.45) is 2.10. The maximum atomic E-state index is 5.12. The SMILES string of the molecule is CC(C)c1cccc(C(C)C)c1[N-]Cc1cccc(-c2cccc3c2C([N-]c2ccccc2)CC3)n1.[CH3-].[Hf]. The minimum absolute atomic E-state index is 0. The van der Waals surface area contributed by atoms with E-state index in [2.05, 4.69) is 107 Å². The molecule has 0 saturated carbocycles. The zero-order chi connectivity index (χ0) is 25.1. The molecule has 196 valence electrons. The van der Waals surface area contributed by atoms with Crippen LogP contribution in [0.25, 0.3) is 21.9 Å². The van der Waals surface area contributed by atoms with Crippen molar-refractivity contribution in [1.82, 2.24) is 4.98 Å². The first kappa shape index (κ1) is 29.8. The molecule has 4 aromatic rings. The second kappa shape index (κ2) is 13.4. The molecule has 0 spiro atoms. The summed E-state index contributed by atoms with van der Waals surface area (Å²) in [4.78, 5) is 5.09. The van der Waals surface area contributed by atoms with Crippen molar-refractivity contribution in [2.75, 3.05) is 0 Å². The number of aromatic nitrogens is 1. The summed E-state index contributed by atoms with van der Waals surface area (Å²) in [5.41, 5.74) is 10.7. The molecule has 0 saturated heterocycles. The molecule has 1 heterocycles. The van der Waals surface area contributed by atoms with E-state index < -0.39 is 0 Å². The van der Waals surface area contributed by atoms with Crippen LogP contribution >= 0.6 is 0 Å². The van der Waals surface area contributed by atoms with Crippen LogP contribution in [0.1, 0.15) is 79.9 Å². The molecule has 0 N–H and O–H groups in total. The van der Waals surface area contributed by atoms with Gasteiger partial charge in [-0.3, -0.25) is 4.98 Å². The first-order valence-electron chi connectivity index (χ1n) is 13.2. The Kier molecular flexibility index (Phi) is 10.5. The number of aryl methyl sites for hydroxylation is 1. The zero-order valence-corrected chi connectivity index (χ0v) is 26.9. The molecule has 1 aromatic heterocycles. The summed E-state index contributed by atoms with van der Waals surface area (Å²) in [6.45, 7) is 9.53. The summed E-state index contributed by atoms with van der Waals surface area (Å²) < 4.78 is 0. The van der Waals surface area contributed by atoms with Gasteiger partial charge in [-0.2, -0.15) is 0 Å². The van der Waals surface area contributed by atoms with E-state index in [1.165, 1.54) is 27.8 Å². The van der Waals surface area contributed by atoms with E-state index in [1.54, 1.807) is 0 Å². The molecule has 0 aliphatic heterocycles. The molecule has 1 atom stereocenters. The van der Waals surface area contributed by atoms with Gasteiger partial charge in [0.2, 0.25) is 0 Å². The van der Waals surface area contributed by atoms with Gasteiger partial charge in [0.1, 0.15) is 0 Å². The smallest absolute Gasteiger partial charge is 0.0707 e. The van der Waals surface area contributed by atoms with Gasteiger partial charge in [0.25, 0.3) is 0 Å². The third kappa shape index (κ3) is 6.46. The minimum atomic E-state index is 0. The summed E-state index contributed by atoms with van der Waals surface area (Å²) in [5, 5.41) is 10.2. The van der Waals surface area contributed by atoms with E-state index in [0.29, 0.717) is 18.4 Å². The number of rotatable bonds is 8. The van der Waals surface area contributed by atoms with Crippen molar-refractivity contribution < 1.29 is 25.8 Å². The van der Waals surface area contributed by atoms with Gasteiger partial charge >= 0.3 is 0 Å². The van der Waals surface area contributed by atoms with Crippen molar-refractivity contribution in [2.45, 2.75) is 65.0 Å². The molecule has 4 heteroatoms. The van der Waals surface area contributed by atoms with E-state index in [0.717, 1.165) is 35.6 Å². The first-order valence-corrected chi connectivity index (χ1v) is 13.2. The van der Waals surface area contributed by atoms with Gasteiger partial charge in [-0.05, 0) is 41.5 Å². The maximum Gasteiger partial charge on any atom is 0.0707 e. The summed E-state index contributed by atoms with van der Waals surface area (Å²) in [6, 6.07) is 30.0. The van der Waals surface area contributed by atoms with E-state index in [1.807, 2.05) is 6.07 Å². The van der Waals surface area contributed by atoms with Gasteiger partial charge in [0, 0.05) is 37.1 Å². The molecule has 3 aromatic carbocycles. The monoisotopic (exact) mass is 668 g/mol. The standard InChI is InChI=1S/C33H35N3.CH3.Hf/c1-22(2)27-15-10-16-28(23(3)4)33(27)34-21-26-14-9-18-30(36-26)29-17-8-11-24-19-20-31(32(24)29)35-25-12-6-5-7-13-25;;/h5-18,22-23,31H,19-21H2,1-4H3;1H3;/q-2;-1;. The molecule has 3 nitrogen and oxygen atoms in total. The van der Waals surface area contributed by atoms with Crippen molar-refractivity contribution in [3.8, 4) is 11.3 Å². The molecule has 5 rings (SSSR count). The van der Waals surface area contributed by atoms with Crippen LogP contribution in [0, 0.1) is 7.43 Å². The van der Waals surface area contributed by atoms with Crippen LogP contribution < -0.4 is 0 Å². The molecule has 38 heavy (non-hydrogen) atoms. The Bertz CT molecular complexity index is 1300. The van der Waals surface area contributed by atoms with Crippen LogP contribution in [-0.4, -0.2) is 4.98 Å². The average Bonchev–Trinajstić information content (AvgIpc) is 3.30. The van der Waals surface area contributed by atoms with Crippen LogP contribution in [0.15, 0.2) is 84.9 Å². The predicted molar refractivity (Wildman–Crippen MR) is 158 cm³/mol. The van der Waals surface area contributed by atoms with Gasteiger partial charge in [0.15, 0.2) is 0 Å². The maximum absolute atomic E-state index is 5.12. The molecule has 0 amide bonds. The topological polar surface area (TPSA) is 41.1 Å². The van der Waals surface area contributed by atoms with Crippen LogP contribution in [0.5, 0.6) is 0 Å². The molecule has 0 fully saturated rings. The number of hydrogen-bond donors (Lipinski definition) is 0. The quantitative estimate of drug-likeness (QED) is 0.136. The average molecular weight is 667 g/mol. The zero-order valence-electron chi connectivity index (χ0n) is 23.3. The van der Waals surface area contributed by atoms with Crippen LogP contribution in [0.4, 0.5) is 11.4 Å². The Hall–Kier alpha value is -2.72. The molecule has 1 unspecified atom stereocenters. The van der Waals surface area contributed by atoms with Crippen molar-refractivity contribution in [1.29, 1.82) is 0 Å². The van der Waals surface area contributed by atoms with Crippen LogP contribution in [0.3, 0.4) is 0 Å². The fraction of sp³-hybridized carbons (Fsp3) is 0.294. The molecule has 0 radical (unpaired) electrons. The first-order chi connectivity index (χ1) is 17.5. The summed E-state index contributed by atoms with van der Waals surface area (Å²) in [5.74, 6) is 0.859. The van der Waals surface area contributed by atoms with Crippen molar-refractivity contribution in [3.05, 3.63) is 131 Å². The minimum Gasteiger partial charge on any atom is -0.679 e. The molecular formula is C34H38HfN3-3. The Labute approximate surface area is 248 Å². The number of para-hydroxylation sites is 2. The Morgan fingerprint density at radius 1 is 0.789 bits per heavy atom. The number of pyridine rings is 1. The Balaban J connectivity index is 0.00000200. The van der Waals surface area contributed by atoms with Crippen LogP contribution in [-0.2, 0) is 38.8 Å². The molecule has 1 aliphatic rings. The van der Waals surface area contributed by atoms with Gasteiger partial charge in [-0.1, -0.05) is 131 Å². The van der Waals surface area contributed by atoms with E-state index in [-0.39, 0.29) is 39.3 Å². The fourth-order valence-electron chi connectivity index (χ4n) is 5.28. The van der Waals surface area contributed by atoms with Crippen LogP contribution in [0.2, 0.25) is 0 Å².